The van der Waals surface area contributed by atoms with E-state index in [0.717, 1.165) is 25.7 Å². The van der Waals surface area contributed by atoms with Crippen molar-refractivity contribution in [1.29, 1.82) is 0 Å². The van der Waals surface area contributed by atoms with E-state index >= 15 is 0 Å². The fourth-order valence-corrected chi connectivity index (χ4v) is 5.31. The highest BCUT2D eigenvalue weighted by Crippen LogP contribution is 2.32. The summed E-state index contributed by atoms with van der Waals surface area (Å²) in [5.41, 5.74) is -1.11. The van der Waals surface area contributed by atoms with Crippen LogP contribution in [0.4, 0.5) is 0 Å². The molecule has 0 saturated carbocycles. The summed E-state index contributed by atoms with van der Waals surface area (Å²) in [5, 5.41) is 9.71. The maximum atomic E-state index is 12.8. The quantitative estimate of drug-likeness (QED) is 0.864. The molecule has 1 N–H and O–H groups in total. The molecule has 9 heteroatoms. The number of rotatable bonds is 4. The van der Waals surface area contributed by atoms with Gasteiger partial charge in [-0.05, 0) is 25.7 Å². The minimum absolute atomic E-state index is 0.212. The molecule has 0 aromatic carbocycles. The van der Waals surface area contributed by atoms with Crippen molar-refractivity contribution in [3.8, 4) is 0 Å². The number of aromatic nitrogens is 2. The SMILES string of the molecule is O=C(O)C1(n2ccnc2)CCN(S(=O)(=O)N2CCCCCC2)CC1. The van der Waals surface area contributed by atoms with Crippen molar-refractivity contribution in [2.24, 2.45) is 0 Å². The lowest BCUT2D eigenvalue weighted by Gasteiger charge is -2.40. The first kappa shape index (κ1) is 17.4. The van der Waals surface area contributed by atoms with E-state index in [1.165, 1.54) is 10.6 Å². The second-order valence-corrected chi connectivity index (χ2v) is 8.46. The molecule has 2 aliphatic rings. The summed E-state index contributed by atoms with van der Waals surface area (Å²) in [6.45, 7) is 1.54. The zero-order valence-electron chi connectivity index (χ0n) is 13.7. The lowest BCUT2D eigenvalue weighted by atomic mass is 9.88. The lowest BCUT2D eigenvalue weighted by molar-refractivity contribution is -0.149. The molecule has 0 spiro atoms. The van der Waals surface area contributed by atoms with E-state index in [9.17, 15) is 18.3 Å². The topological polar surface area (TPSA) is 95.7 Å². The van der Waals surface area contributed by atoms with Crippen molar-refractivity contribution in [2.45, 2.75) is 44.1 Å². The van der Waals surface area contributed by atoms with Gasteiger partial charge in [0, 0.05) is 38.6 Å². The van der Waals surface area contributed by atoms with E-state index < -0.39 is 21.7 Å². The van der Waals surface area contributed by atoms with Crippen LogP contribution in [0, 0.1) is 0 Å². The van der Waals surface area contributed by atoms with Gasteiger partial charge in [0.15, 0.2) is 0 Å². The Labute approximate surface area is 142 Å². The number of hydrogen-bond acceptors (Lipinski definition) is 4. The van der Waals surface area contributed by atoms with Crippen molar-refractivity contribution in [2.75, 3.05) is 26.2 Å². The molecule has 0 radical (unpaired) electrons. The van der Waals surface area contributed by atoms with Crippen LogP contribution in [0.1, 0.15) is 38.5 Å². The summed E-state index contributed by atoms with van der Waals surface area (Å²) in [6.07, 6.45) is 9.06. The number of carbonyl (C=O) groups is 1. The Bertz CT molecular complexity index is 658. The van der Waals surface area contributed by atoms with Crippen LogP contribution in [-0.2, 0) is 20.5 Å². The fraction of sp³-hybridized carbons (Fsp3) is 0.733. The summed E-state index contributed by atoms with van der Waals surface area (Å²) in [7, 11) is -3.50. The molecule has 2 saturated heterocycles. The molecule has 0 bridgehead atoms. The van der Waals surface area contributed by atoms with Gasteiger partial charge in [-0.3, -0.25) is 0 Å². The van der Waals surface area contributed by atoms with Crippen LogP contribution in [0.2, 0.25) is 0 Å². The average Bonchev–Trinajstić information content (AvgIpc) is 2.97. The van der Waals surface area contributed by atoms with Gasteiger partial charge in [-0.25, -0.2) is 9.78 Å². The molecule has 0 aliphatic carbocycles. The van der Waals surface area contributed by atoms with E-state index in [0.29, 0.717) is 13.1 Å². The summed E-state index contributed by atoms with van der Waals surface area (Å²) in [5.74, 6) is -0.938. The van der Waals surface area contributed by atoms with Crippen molar-refractivity contribution >= 4 is 16.2 Å². The highest BCUT2D eigenvalue weighted by Gasteiger charge is 2.46. The molecule has 0 unspecified atom stereocenters. The van der Waals surface area contributed by atoms with E-state index in [2.05, 4.69) is 4.98 Å². The second-order valence-electron chi connectivity index (χ2n) is 6.53. The van der Waals surface area contributed by atoms with Crippen molar-refractivity contribution < 1.29 is 18.3 Å². The number of aliphatic carboxylic acids is 1. The molecule has 134 valence electrons. The van der Waals surface area contributed by atoms with Crippen LogP contribution in [0.25, 0.3) is 0 Å². The molecule has 1 aromatic heterocycles. The zero-order chi connectivity index (χ0) is 17.2. The average molecular weight is 356 g/mol. The Morgan fingerprint density at radius 1 is 1.00 bits per heavy atom. The van der Waals surface area contributed by atoms with Gasteiger partial charge in [-0.2, -0.15) is 17.0 Å². The van der Waals surface area contributed by atoms with Gasteiger partial charge in [-0.15, -0.1) is 0 Å². The molecule has 3 heterocycles. The third-order valence-electron chi connectivity index (χ3n) is 5.16. The smallest absolute Gasteiger partial charge is 0.330 e. The van der Waals surface area contributed by atoms with Gasteiger partial charge in [0.05, 0.1) is 6.33 Å². The van der Waals surface area contributed by atoms with Crippen molar-refractivity contribution in [3.63, 3.8) is 0 Å². The number of imidazole rings is 1. The molecule has 3 rings (SSSR count). The fourth-order valence-electron chi connectivity index (χ4n) is 3.62. The summed E-state index contributed by atoms with van der Waals surface area (Å²) < 4.78 is 30.3. The maximum Gasteiger partial charge on any atom is 0.330 e. The Balaban J connectivity index is 1.75. The monoisotopic (exact) mass is 356 g/mol. The van der Waals surface area contributed by atoms with Crippen LogP contribution in [0.15, 0.2) is 18.7 Å². The van der Waals surface area contributed by atoms with Crippen LogP contribution >= 0.6 is 0 Å². The van der Waals surface area contributed by atoms with Crippen molar-refractivity contribution in [1.82, 2.24) is 18.2 Å². The predicted octanol–water partition coefficient (Wildman–Crippen LogP) is 0.880. The van der Waals surface area contributed by atoms with E-state index in [1.807, 2.05) is 0 Å². The largest absolute Gasteiger partial charge is 0.479 e. The highest BCUT2D eigenvalue weighted by molar-refractivity contribution is 7.86. The van der Waals surface area contributed by atoms with E-state index in [-0.39, 0.29) is 25.9 Å². The molecular formula is C15H24N4O4S. The standard InChI is InChI=1S/C15H24N4O4S/c20-14(21)15(17-12-7-16-13-17)5-10-19(11-6-15)24(22,23)18-8-3-1-2-4-9-18/h7,12-13H,1-6,8-11H2,(H,20,21). The Kier molecular flexibility index (Phi) is 4.93. The van der Waals surface area contributed by atoms with Gasteiger partial charge in [0.1, 0.15) is 5.54 Å². The normalized spacial score (nSPS) is 23.7. The zero-order valence-corrected chi connectivity index (χ0v) is 14.5. The molecule has 0 amide bonds. The molecular weight excluding hydrogens is 332 g/mol. The van der Waals surface area contributed by atoms with Gasteiger partial charge < -0.3 is 9.67 Å². The van der Waals surface area contributed by atoms with Crippen molar-refractivity contribution in [3.05, 3.63) is 18.7 Å². The first-order valence-electron chi connectivity index (χ1n) is 8.44. The Morgan fingerprint density at radius 2 is 1.58 bits per heavy atom. The summed E-state index contributed by atoms with van der Waals surface area (Å²) >= 11 is 0. The van der Waals surface area contributed by atoms with E-state index in [4.69, 9.17) is 0 Å². The van der Waals surface area contributed by atoms with Gasteiger partial charge in [0.25, 0.3) is 10.2 Å². The third-order valence-corrected chi connectivity index (χ3v) is 7.20. The minimum Gasteiger partial charge on any atom is -0.479 e. The number of carboxylic acids is 1. The Hall–Kier alpha value is -1.45. The second kappa shape index (κ2) is 6.81. The molecule has 1 aromatic rings. The maximum absolute atomic E-state index is 12.8. The van der Waals surface area contributed by atoms with Crippen LogP contribution in [0.5, 0.6) is 0 Å². The molecule has 2 aliphatic heterocycles. The summed E-state index contributed by atoms with van der Waals surface area (Å²) in [4.78, 5) is 15.8. The Morgan fingerprint density at radius 3 is 2.08 bits per heavy atom. The molecule has 0 atom stereocenters. The van der Waals surface area contributed by atoms with Gasteiger partial charge in [-0.1, -0.05) is 12.8 Å². The number of nitrogens with zero attached hydrogens (tertiary/aromatic N) is 4. The minimum atomic E-state index is -3.50. The van der Waals surface area contributed by atoms with Crippen LogP contribution in [-0.4, -0.2) is 63.8 Å². The van der Waals surface area contributed by atoms with Gasteiger partial charge >= 0.3 is 5.97 Å². The number of piperidine rings is 1. The summed E-state index contributed by atoms with van der Waals surface area (Å²) in [6, 6.07) is 0. The molecule has 8 nitrogen and oxygen atoms in total. The first-order valence-corrected chi connectivity index (χ1v) is 9.83. The van der Waals surface area contributed by atoms with Crippen LogP contribution in [0.3, 0.4) is 0 Å². The number of carboxylic acid groups (broad SMARTS) is 1. The predicted molar refractivity (Wildman–Crippen MR) is 87.6 cm³/mol. The first-order chi connectivity index (χ1) is 11.5. The number of hydrogen-bond donors (Lipinski definition) is 1. The van der Waals surface area contributed by atoms with Gasteiger partial charge in [0.2, 0.25) is 0 Å². The molecule has 2 fully saturated rings. The highest BCUT2D eigenvalue weighted by atomic mass is 32.2. The van der Waals surface area contributed by atoms with E-state index in [1.54, 1.807) is 21.3 Å². The molecule has 24 heavy (non-hydrogen) atoms. The van der Waals surface area contributed by atoms with Crippen LogP contribution < -0.4 is 0 Å². The third kappa shape index (κ3) is 3.07. The lowest BCUT2D eigenvalue weighted by Crippen LogP contribution is -2.54.